The number of aromatic nitrogens is 3. The maximum absolute atomic E-state index is 12.7. The van der Waals surface area contributed by atoms with E-state index in [1.165, 1.54) is 11.8 Å². The molecule has 1 unspecified atom stereocenters. The summed E-state index contributed by atoms with van der Waals surface area (Å²) >= 11 is 1.28. The summed E-state index contributed by atoms with van der Waals surface area (Å²) in [6, 6.07) is 7.53. The number of likely N-dealkylation sites (N-methyl/N-ethyl adjacent to an activating group) is 1. The van der Waals surface area contributed by atoms with E-state index in [2.05, 4.69) is 17.1 Å². The van der Waals surface area contributed by atoms with Crippen molar-refractivity contribution in [2.24, 2.45) is 0 Å². The second-order valence-electron chi connectivity index (χ2n) is 6.54. The summed E-state index contributed by atoms with van der Waals surface area (Å²) in [6.07, 6.45) is 1.66. The molecule has 1 atom stereocenters. The predicted octanol–water partition coefficient (Wildman–Crippen LogP) is 2.15. The third-order valence-corrected chi connectivity index (χ3v) is 5.47. The summed E-state index contributed by atoms with van der Waals surface area (Å²) < 4.78 is 13.3. The molecule has 2 aromatic rings. The Kier molecular flexibility index (Phi) is 7.02. The molecule has 0 saturated carbocycles. The number of unbranched alkanes of at least 4 members (excludes halogenated alkanes) is 1. The number of ether oxygens (including phenoxy) is 2. The van der Waals surface area contributed by atoms with E-state index in [0.29, 0.717) is 37.1 Å². The smallest absolute Gasteiger partial charge is 0.343 e. The summed E-state index contributed by atoms with van der Waals surface area (Å²) in [4.78, 5) is 26.3. The van der Waals surface area contributed by atoms with E-state index in [1.54, 1.807) is 9.47 Å². The average Bonchev–Trinajstić information content (AvgIpc) is 3.07. The van der Waals surface area contributed by atoms with Crippen molar-refractivity contribution in [3.63, 3.8) is 0 Å². The molecule has 3 rings (SSSR count). The van der Waals surface area contributed by atoms with Gasteiger partial charge in [-0.1, -0.05) is 37.2 Å². The molecule has 1 aromatic heterocycles. The lowest BCUT2D eigenvalue weighted by Crippen LogP contribution is -2.44. The molecule has 0 bridgehead atoms. The van der Waals surface area contributed by atoms with Gasteiger partial charge in [-0.3, -0.25) is 9.36 Å². The normalized spacial score (nSPS) is 15.4. The first-order valence-corrected chi connectivity index (χ1v) is 10.5. The molecular formula is C19H26N4O4S. The van der Waals surface area contributed by atoms with E-state index >= 15 is 0 Å². The Hall–Kier alpha value is -2.42. The zero-order valence-electron chi connectivity index (χ0n) is 16.2. The van der Waals surface area contributed by atoms with Crippen molar-refractivity contribution in [1.82, 2.24) is 19.7 Å². The fourth-order valence-electron chi connectivity index (χ4n) is 2.95. The van der Waals surface area contributed by atoms with Crippen molar-refractivity contribution in [2.75, 3.05) is 25.4 Å². The largest absolute Gasteiger partial charge is 0.486 e. The third-order valence-electron chi connectivity index (χ3n) is 4.51. The SMILES string of the molecule is CCCCn1c(SCC(=O)N(CC)CC2COc3ccccc3O2)n[nH]c1=O. The van der Waals surface area contributed by atoms with Crippen LogP contribution in [0.5, 0.6) is 11.5 Å². The molecule has 1 N–H and O–H groups in total. The highest BCUT2D eigenvalue weighted by Crippen LogP contribution is 2.31. The van der Waals surface area contributed by atoms with Gasteiger partial charge in [-0.2, -0.15) is 0 Å². The molecule has 1 aliphatic rings. The lowest BCUT2D eigenvalue weighted by atomic mass is 10.2. The van der Waals surface area contributed by atoms with E-state index < -0.39 is 0 Å². The number of amides is 1. The summed E-state index contributed by atoms with van der Waals surface area (Å²) in [5, 5.41) is 7.05. The van der Waals surface area contributed by atoms with Gasteiger partial charge < -0.3 is 14.4 Å². The number of para-hydroxylation sites is 2. The van der Waals surface area contributed by atoms with Crippen LogP contribution in [0.4, 0.5) is 0 Å². The monoisotopic (exact) mass is 406 g/mol. The van der Waals surface area contributed by atoms with E-state index in [1.807, 2.05) is 31.2 Å². The molecule has 0 saturated heterocycles. The lowest BCUT2D eigenvalue weighted by Gasteiger charge is -2.30. The molecule has 2 heterocycles. The van der Waals surface area contributed by atoms with Crippen molar-refractivity contribution in [3.05, 3.63) is 34.7 Å². The Labute approximate surface area is 168 Å². The number of carbonyl (C=O) groups excluding carboxylic acids is 1. The molecule has 1 aliphatic heterocycles. The lowest BCUT2D eigenvalue weighted by molar-refractivity contribution is -0.129. The van der Waals surface area contributed by atoms with Gasteiger partial charge in [0.1, 0.15) is 6.61 Å². The van der Waals surface area contributed by atoms with Crippen LogP contribution in [-0.2, 0) is 11.3 Å². The van der Waals surface area contributed by atoms with Crippen LogP contribution in [0.15, 0.2) is 34.2 Å². The molecule has 8 nitrogen and oxygen atoms in total. The first kappa shape index (κ1) is 20.3. The number of nitrogens with one attached hydrogen (secondary N) is 1. The first-order valence-electron chi connectivity index (χ1n) is 9.56. The van der Waals surface area contributed by atoms with Gasteiger partial charge in [0.2, 0.25) is 5.91 Å². The van der Waals surface area contributed by atoms with Crippen LogP contribution in [0.25, 0.3) is 0 Å². The Balaban J connectivity index is 1.55. The van der Waals surface area contributed by atoms with Crippen molar-refractivity contribution in [3.8, 4) is 11.5 Å². The minimum absolute atomic E-state index is 0.0209. The topological polar surface area (TPSA) is 89.4 Å². The standard InChI is InChI=1S/C19H26N4O4S/c1-3-5-10-23-18(25)20-21-19(23)28-13-17(24)22(4-2)11-14-12-26-15-8-6-7-9-16(15)27-14/h6-9,14H,3-5,10-13H2,1-2H3,(H,20,25). The van der Waals surface area contributed by atoms with Gasteiger partial charge in [0, 0.05) is 13.1 Å². The maximum Gasteiger partial charge on any atom is 0.343 e. The summed E-state index contributed by atoms with van der Waals surface area (Å²) in [5.74, 6) is 1.63. The molecule has 152 valence electrons. The molecule has 1 aromatic carbocycles. The second kappa shape index (κ2) is 9.68. The molecule has 0 radical (unpaired) electrons. The van der Waals surface area contributed by atoms with Gasteiger partial charge in [-0.25, -0.2) is 9.89 Å². The number of hydrogen-bond acceptors (Lipinski definition) is 6. The number of nitrogens with zero attached hydrogens (tertiary/aromatic N) is 3. The minimum atomic E-state index is -0.234. The number of aromatic amines is 1. The third kappa shape index (κ3) is 4.89. The molecule has 9 heteroatoms. The van der Waals surface area contributed by atoms with Gasteiger partial charge in [0.15, 0.2) is 22.8 Å². The molecule has 0 aliphatic carbocycles. The quantitative estimate of drug-likeness (QED) is 0.642. The molecular weight excluding hydrogens is 380 g/mol. The number of hydrogen-bond donors (Lipinski definition) is 1. The van der Waals surface area contributed by atoms with E-state index in [-0.39, 0.29) is 23.5 Å². The molecule has 28 heavy (non-hydrogen) atoms. The highest BCUT2D eigenvalue weighted by atomic mass is 32.2. The summed E-state index contributed by atoms with van der Waals surface area (Å²) in [6.45, 7) is 6.04. The van der Waals surface area contributed by atoms with Crippen LogP contribution in [0.2, 0.25) is 0 Å². The van der Waals surface area contributed by atoms with E-state index in [4.69, 9.17) is 9.47 Å². The Morgan fingerprint density at radius 2 is 2.14 bits per heavy atom. The fourth-order valence-corrected chi connectivity index (χ4v) is 3.83. The minimum Gasteiger partial charge on any atom is -0.486 e. The van der Waals surface area contributed by atoms with Crippen molar-refractivity contribution < 1.29 is 14.3 Å². The van der Waals surface area contributed by atoms with Gasteiger partial charge >= 0.3 is 5.69 Å². The number of H-pyrrole nitrogens is 1. The summed E-state index contributed by atoms with van der Waals surface area (Å²) in [5.41, 5.74) is -0.234. The van der Waals surface area contributed by atoms with E-state index in [0.717, 1.165) is 18.6 Å². The Bertz CT molecular complexity index is 850. The number of fused-ring (bicyclic) bond motifs is 1. The first-order chi connectivity index (χ1) is 13.6. The van der Waals surface area contributed by atoms with Crippen LogP contribution in [0.1, 0.15) is 26.7 Å². The molecule has 0 fully saturated rings. The number of benzene rings is 1. The highest BCUT2D eigenvalue weighted by molar-refractivity contribution is 7.99. The number of carbonyl (C=O) groups is 1. The van der Waals surface area contributed by atoms with Crippen molar-refractivity contribution in [2.45, 2.75) is 44.5 Å². The van der Waals surface area contributed by atoms with Crippen LogP contribution in [0.3, 0.4) is 0 Å². The van der Waals surface area contributed by atoms with Crippen LogP contribution in [0, 0.1) is 0 Å². The van der Waals surface area contributed by atoms with Gasteiger partial charge in [-0.15, -0.1) is 5.10 Å². The summed E-state index contributed by atoms with van der Waals surface area (Å²) in [7, 11) is 0. The average molecular weight is 407 g/mol. The van der Waals surface area contributed by atoms with Crippen LogP contribution < -0.4 is 15.2 Å². The highest BCUT2D eigenvalue weighted by Gasteiger charge is 2.25. The molecule has 0 spiro atoms. The number of thioether (sulfide) groups is 1. The molecule has 1 amide bonds. The van der Waals surface area contributed by atoms with Crippen LogP contribution >= 0.6 is 11.8 Å². The van der Waals surface area contributed by atoms with Gasteiger partial charge in [0.25, 0.3) is 0 Å². The van der Waals surface area contributed by atoms with Crippen molar-refractivity contribution >= 4 is 17.7 Å². The van der Waals surface area contributed by atoms with Gasteiger partial charge in [-0.05, 0) is 25.5 Å². The zero-order chi connectivity index (χ0) is 19.9. The van der Waals surface area contributed by atoms with Crippen molar-refractivity contribution in [1.29, 1.82) is 0 Å². The second-order valence-corrected chi connectivity index (χ2v) is 7.48. The Morgan fingerprint density at radius 3 is 2.89 bits per heavy atom. The Morgan fingerprint density at radius 1 is 1.36 bits per heavy atom. The van der Waals surface area contributed by atoms with Crippen LogP contribution in [-0.4, -0.2) is 57.1 Å². The van der Waals surface area contributed by atoms with Gasteiger partial charge in [0.05, 0.1) is 12.3 Å². The number of rotatable bonds is 9. The predicted molar refractivity (Wildman–Crippen MR) is 107 cm³/mol. The zero-order valence-corrected chi connectivity index (χ0v) is 17.0. The fraction of sp³-hybridized carbons (Fsp3) is 0.526. The maximum atomic E-state index is 12.7. The van der Waals surface area contributed by atoms with E-state index in [9.17, 15) is 9.59 Å².